The van der Waals surface area contributed by atoms with Crippen molar-refractivity contribution in [1.82, 2.24) is 0 Å². The minimum absolute atomic E-state index is 0.571. The van der Waals surface area contributed by atoms with Crippen molar-refractivity contribution in [2.24, 2.45) is 0 Å². The van der Waals surface area contributed by atoms with Crippen LogP contribution in [0.4, 0.5) is 0 Å². The summed E-state index contributed by atoms with van der Waals surface area (Å²) in [6, 6.07) is 10.1. The highest BCUT2D eigenvalue weighted by Crippen LogP contribution is 2.20. The Balaban J connectivity index is 2.79. The lowest BCUT2D eigenvalue weighted by atomic mass is 10.1. The van der Waals surface area contributed by atoms with Gasteiger partial charge >= 0.3 is 0 Å². The zero-order chi connectivity index (χ0) is 11.3. The zero-order valence-electron chi connectivity index (χ0n) is 7.51. The molecule has 0 saturated carbocycles. The van der Waals surface area contributed by atoms with Crippen LogP contribution in [0.5, 0.6) is 0 Å². The molecular formula is C10H6ClNO3. The summed E-state index contributed by atoms with van der Waals surface area (Å²) in [5, 5.41) is 8.94. The Morgan fingerprint density at radius 3 is 2.53 bits per heavy atom. The summed E-state index contributed by atoms with van der Waals surface area (Å²) in [6.45, 7) is 0. The Morgan fingerprint density at radius 2 is 2.00 bits per heavy atom. The van der Waals surface area contributed by atoms with Crippen molar-refractivity contribution >= 4 is 17.4 Å². The van der Waals surface area contributed by atoms with Gasteiger partial charge in [0.1, 0.15) is 10.3 Å². The Labute approximate surface area is 91.0 Å². The average Bonchev–Trinajstić information content (AvgIpc) is 2.26. The first kappa shape index (κ1) is 11.2. The third-order valence-corrected chi connectivity index (χ3v) is 2.04. The predicted molar refractivity (Wildman–Crippen MR) is 54.8 cm³/mol. The van der Waals surface area contributed by atoms with Gasteiger partial charge in [-0.25, -0.2) is 10.1 Å². The average molecular weight is 224 g/mol. The molecule has 1 aromatic rings. The van der Waals surface area contributed by atoms with E-state index in [1.54, 1.807) is 30.3 Å². The van der Waals surface area contributed by atoms with Gasteiger partial charge in [-0.15, -0.1) is 11.6 Å². The molecule has 76 valence electrons. The van der Waals surface area contributed by atoms with Gasteiger partial charge < -0.3 is 0 Å². The molecule has 1 unspecified atom stereocenters. The lowest BCUT2D eigenvalue weighted by molar-refractivity contribution is -0.379. The highest BCUT2D eigenvalue weighted by atomic mass is 35.5. The normalized spacial score (nSPS) is 11.0. The van der Waals surface area contributed by atoms with Crippen LogP contribution in [0, 0.1) is 22.1 Å². The number of carbonyl (C=O) groups is 1. The van der Waals surface area contributed by atoms with Crippen molar-refractivity contribution in [3.8, 4) is 12.0 Å². The Kier molecular flexibility index (Phi) is 3.83. The van der Waals surface area contributed by atoms with Crippen LogP contribution < -0.4 is 0 Å². The molecule has 15 heavy (non-hydrogen) atoms. The van der Waals surface area contributed by atoms with Crippen LogP contribution in [0.1, 0.15) is 10.9 Å². The van der Waals surface area contributed by atoms with Crippen molar-refractivity contribution in [1.29, 1.82) is 0 Å². The number of rotatable bonds is 2. The number of alkyl halides is 1. The fourth-order valence-electron chi connectivity index (χ4n) is 0.937. The number of carbonyl (C=O) groups excluding carboxylic acids is 1. The quantitative estimate of drug-likeness (QED) is 0.252. The summed E-state index contributed by atoms with van der Waals surface area (Å²) >= 11 is 5.77. The van der Waals surface area contributed by atoms with E-state index in [0.717, 1.165) is 0 Å². The summed E-state index contributed by atoms with van der Waals surface area (Å²) in [7, 11) is 0. The smallest absolute Gasteiger partial charge is 0.283 e. The maximum Gasteiger partial charge on any atom is 0.298 e. The Bertz CT molecular complexity index is 433. The van der Waals surface area contributed by atoms with Crippen LogP contribution in [-0.2, 0) is 4.79 Å². The predicted octanol–water partition coefficient (Wildman–Crippen LogP) is 1.77. The molecule has 5 heteroatoms. The van der Waals surface area contributed by atoms with Gasteiger partial charge in [0.05, 0.1) is 5.92 Å². The maximum absolute atomic E-state index is 11.2. The third-order valence-electron chi connectivity index (χ3n) is 1.59. The van der Waals surface area contributed by atoms with E-state index >= 15 is 0 Å². The summed E-state index contributed by atoms with van der Waals surface area (Å²) in [5.41, 5.74) is 0.571. The van der Waals surface area contributed by atoms with Gasteiger partial charge in [0.2, 0.25) is 5.78 Å². The van der Waals surface area contributed by atoms with Crippen LogP contribution in [0.25, 0.3) is 0 Å². The van der Waals surface area contributed by atoms with E-state index in [1.165, 1.54) is 6.04 Å². The first-order valence-electron chi connectivity index (χ1n) is 4.00. The first-order valence-corrected chi connectivity index (χ1v) is 4.44. The zero-order valence-corrected chi connectivity index (χ0v) is 8.27. The molecule has 0 heterocycles. The minimum Gasteiger partial charge on any atom is -0.283 e. The van der Waals surface area contributed by atoms with Crippen molar-refractivity contribution < 1.29 is 9.72 Å². The summed E-state index contributed by atoms with van der Waals surface area (Å²) in [5.74, 6) is 1.18. The molecular weight excluding hydrogens is 218 g/mol. The standard InChI is InChI=1S/C10H6ClNO3/c11-10(8-4-2-1-3-5-8)9(13)6-7-12(14)15/h1-5,10H. The van der Waals surface area contributed by atoms with E-state index in [1.807, 2.05) is 5.92 Å². The number of nitrogens with zero attached hydrogens (tertiary/aromatic N) is 1. The molecule has 0 aliphatic carbocycles. The molecule has 0 aliphatic rings. The molecule has 0 bridgehead atoms. The van der Waals surface area contributed by atoms with E-state index in [-0.39, 0.29) is 0 Å². The lowest BCUT2D eigenvalue weighted by Gasteiger charge is -2.02. The number of nitro groups is 1. The second-order valence-corrected chi connectivity index (χ2v) is 3.07. The highest BCUT2D eigenvalue weighted by Gasteiger charge is 2.15. The first-order chi connectivity index (χ1) is 7.11. The van der Waals surface area contributed by atoms with Crippen molar-refractivity contribution in [3.63, 3.8) is 0 Å². The Morgan fingerprint density at radius 1 is 1.40 bits per heavy atom. The lowest BCUT2D eigenvalue weighted by Crippen LogP contribution is -2.04. The van der Waals surface area contributed by atoms with Crippen molar-refractivity contribution in [2.45, 2.75) is 5.38 Å². The van der Waals surface area contributed by atoms with Crippen LogP contribution in [-0.4, -0.2) is 10.7 Å². The van der Waals surface area contributed by atoms with E-state index in [0.29, 0.717) is 5.56 Å². The van der Waals surface area contributed by atoms with Gasteiger partial charge in [-0.05, 0) is 5.56 Å². The van der Waals surface area contributed by atoms with Gasteiger partial charge in [-0.1, -0.05) is 30.3 Å². The summed E-state index contributed by atoms with van der Waals surface area (Å²) in [4.78, 5) is 20.3. The number of hydrogen-bond acceptors (Lipinski definition) is 3. The van der Waals surface area contributed by atoms with Gasteiger partial charge in [0.25, 0.3) is 6.04 Å². The number of benzene rings is 1. The molecule has 0 saturated heterocycles. The topological polar surface area (TPSA) is 60.2 Å². The summed E-state index contributed by atoms with van der Waals surface area (Å²) in [6.07, 6.45) is 0. The maximum atomic E-state index is 11.2. The number of halogens is 1. The van der Waals surface area contributed by atoms with Crippen LogP contribution in [0.15, 0.2) is 30.3 Å². The number of ketones is 1. The van der Waals surface area contributed by atoms with E-state index in [4.69, 9.17) is 11.6 Å². The molecule has 0 spiro atoms. The van der Waals surface area contributed by atoms with Crippen LogP contribution >= 0.6 is 11.6 Å². The van der Waals surface area contributed by atoms with E-state index in [9.17, 15) is 14.9 Å². The molecule has 4 nitrogen and oxygen atoms in total. The van der Waals surface area contributed by atoms with Gasteiger partial charge in [-0.3, -0.25) is 4.79 Å². The Hall–Kier alpha value is -1.86. The molecule has 1 aromatic carbocycles. The molecule has 0 aromatic heterocycles. The monoisotopic (exact) mass is 223 g/mol. The third kappa shape index (κ3) is 3.41. The van der Waals surface area contributed by atoms with Crippen molar-refractivity contribution in [2.75, 3.05) is 0 Å². The fourth-order valence-corrected chi connectivity index (χ4v) is 1.14. The highest BCUT2D eigenvalue weighted by molar-refractivity contribution is 6.33. The molecule has 0 fully saturated rings. The minimum atomic E-state index is -0.960. The summed E-state index contributed by atoms with van der Waals surface area (Å²) < 4.78 is 0. The molecule has 1 rings (SSSR count). The van der Waals surface area contributed by atoms with Crippen LogP contribution in [0.2, 0.25) is 0 Å². The molecule has 0 N–H and O–H groups in total. The van der Waals surface area contributed by atoms with Gasteiger partial charge in [-0.2, -0.15) is 0 Å². The van der Waals surface area contributed by atoms with Crippen molar-refractivity contribution in [3.05, 3.63) is 46.0 Å². The number of hydrogen-bond donors (Lipinski definition) is 0. The SMILES string of the molecule is O=C(C#C[N+](=O)[O-])C(Cl)c1ccccc1. The largest absolute Gasteiger partial charge is 0.298 e. The van der Waals surface area contributed by atoms with E-state index < -0.39 is 16.1 Å². The molecule has 1 atom stereocenters. The second-order valence-electron chi connectivity index (χ2n) is 2.63. The fraction of sp³-hybridized carbons (Fsp3) is 0.100. The van der Waals surface area contributed by atoms with Crippen LogP contribution in [0.3, 0.4) is 0 Å². The molecule has 0 aliphatic heterocycles. The van der Waals surface area contributed by atoms with E-state index in [2.05, 4.69) is 0 Å². The van der Waals surface area contributed by atoms with Gasteiger partial charge in [0, 0.05) is 0 Å². The van der Waals surface area contributed by atoms with Gasteiger partial charge in [0.15, 0.2) is 0 Å². The second kappa shape index (κ2) is 5.13. The molecule has 0 radical (unpaired) electrons. The number of Topliss-reactive ketones (excluding diaryl/α,β-unsaturated/α-hetero) is 1. The molecule has 0 amide bonds.